The van der Waals surface area contributed by atoms with Crippen molar-refractivity contribution in [3.05, 3.63) is 46.3 Å². The molecule has 182 valence electrons. The number of methoxy groups -OCH3 is 1. The summed E-state index contributed by atoms with van der Waals surface area (Å²) in [4.78, 5) is 25.9. The lowest BCUT2D eigenvalue weighted by Gasteiger charge is -2.69. The maximum atomic E-state index is 13.1. The molecule has 1 aromatic heterocycles. The molecular formula is C27H32O7. The van der Waals surface area contributed by atoms with Gasteiger partial charge in [-0.3, -0.25) is 4.79 Å². The number of aliphatic hydroxyl groups is 2. The van der Waals surface area contributed by atoms with Crippen molar-refractivity contribution in [3.8, 4) is 22.8 Å². The second kappa shape index (κ2) is 6.95. The highest BCUT2D eigenvalue weighted by atomic mass is 16.5. The minimum atomic E-state index is -1.58. The standard InChI is InChI=1S/C27H32O7/c1-23(2)21(28)10-11-24(3)26(23,30)13-12-25(4)27(24,31)15-18-20(34-25)14-19(33-22(18)29)16-6-8-17(32-5)9-7-16/h6-9,14,30-31H,10-13,15H2,1-5H3/t24-,25+,26+,27-/m0/s1. The molecule has 0 saturated heterocycles. The fourth-order valence-corrected chi connectivity index (χ4v) is 6.81. The first-order valence-corrected chi connectivity index (χ1v) is 11.8. The Hall–Kier alpha value is -2.64. The van der Waals surface area contributed by atoms with Crippen LogP contribution in [0.1, 0.15) is 58.9 Å². The number of ketones is 1. The molecule has 3 aliphatic rings. The van der Waals surface area contributed by atoms with Gasteiger partial charge in [-0.1, -0.05) is 20.8 Å². The largest absolute Gasteiger partial charge is 0.497 e. The number of Topliss-reactive ketones (excluding diaryl/α,β-unsaturated/α-hetero) is 1. The van der Waals surface area contributed by atoms with E-state index in [1.54, 1.807) is 51.3 Å². The molecule has 0 amide bonds. The summed E-state index contributed by atoms with van der Waals surface area (Å²) in [5, 5.41) is 24.3. The molecule has 2 aliphatic carbocycles. The predicted octanol–water partition coefficient (Wildman–Crippen LogP) is 3.66. The Morgan fingerprint density at radius 1 is 0.941 bits per heavy atom. The van der Waals surface area contributed by atoms with Gasteiger partial charge < -0.3 is 24.1 Å². The molecule has 1 aliphatic heterocycles. The van der Waals surface area contributed by atoms with E-state index >= 15 is 0 Å². The molecule has 5 rings (SSSR count). The van der Waals surface area contributed by atoms with E-state index in [1.165, 1.54) is 0 Å². The van der Waals surface area contributed by atoms with E-state index in [2.05, 4.69) is 0 Å². The fraction of sp³-hybridized carbons (Fsp3) is 0.556. The molecule has 34 heavy (non-hydrogen) atoms. The number of benzene rings is 1. The van der Waals surface area contributed by atoms with Crippen LogP contribution in [-0.2, 0) is 11.2 Å². The van der Waals surface area contributed by atoms with E-state index in [4.69, 9.17) is 13.9 Å². The van der Waals surface area contributed by atoms with Crippen LogP contribution < -0.4 is 15.1 Å². The lowest BCUT2D eigenvalue weighted by atomic mass is 9.40. The number of hydrogen-bond donors (Lipinski definition) is 2. The van der Waals surface area contributed by atoms with Crippen LogP contribution in [0, 0.1) is 10.8 Å². The smallest absolute Gasteiger partial charge is 0.343 e. The van der Waals surface area contributed by atoms with Crippen LogP contribution in [0.15, 0.2) is 39.5 Å². The van der Waals surface area contributed by atoms with Crippen molar-refractivity contribution in [3.63, 3.8) is 0 Å². The second-order valence-electron chi connectivity index (χ2n) is 11.1. The third-order valence-electron chi connectivity index (χ3n) is 9.40. The Balaban J connectivity index is 1.62. The normalized spacial score (nSPS) is 36.0. The molecule has 1 aromatic carbocycles. The van der Waals surface area contributed by atoms with Crippen LogP contribution in [-0.4, -0.2) is 39.9 Å². The molecule has 2 fully saturated rings. The van der Waals surface area contributed by atoms with Crippen LogP contribution >= 0.6 is 0 Å². The van der Waals surface area contributed by atoms with Gasteiger partial charge in [0.1, 0.15) is 34.2 Å². The molecule has 0 unspecified atom stereocenters. The average Bonchev–Trinajstić information content (AvgIpc) is 2.80. The van der Waals surface area contributed by atoms with E-state index in [9.17, 15) is 19.8 Å². The Kier molecular flexibility index (Phi) is 4.73. The molecule has 2 heterocycles. The van der Waals surface area contributed by atoms with Gasteiger partial charge in [0.2, 0.25) is 0 Å². The number of carbonyl (C=O) groups excluding carboxylic acids is 1. The van der Waals surface area contributed by atoms with Gasteiger partial charge in [-0.15, -0.1) is 0 Å². The average molecular weight is 469 g/mol. The summed E-state index contributed by atoms with van der Waals surface area (Å²) in [6.07, 6.45) is 1.19. The molecule has 7 nitrogen and oxygen atoms in total. The van der Waals surface area contributed by atoms with Crippen molar-refractivity contribution in [1.82, 2.24) is 0 Å². The van der Waals surface area contributed by atoms with Gasteiger partial charge in [0.25, 0.3) is 0 Å². The summed E-state index contributed by atoms with van der Waals surface area (Å²) in [6, 6.07) is 8.86. The zero-order valence-electron chi connectivity index (χ0n) is 20.4. The summed E-state index contributed by atoms with van der Waals surface area (Å²) >= 11 is 0. The fourth-order valence-electron chi connectivity index (χ4n) is 6.81. The van der Waals surface area contributed by atoms with Gasteiger partial charge in [0, 0.05) is 29.9 Å². The second-order valence-corrected chi connectivity index (χ2v) is 11.1. The summed E-state index contributed by atoms with van der Waals surface area (Å²) in [7, 11) is 1.58. The van der Waals surface area contributed by atoms with Crippen molar-refractivity contribution in [1.29, 1.82) is 0 Å². The minimum absolute atomic E-state index is 0.0135. The van der Waals surface area contributed by atoms with Crippen LogP contribution in [0.2, 0.25) is 0 Å². The number of ether oxygens (including phenoxy) is 2. The third kappa shape index (κ3) is 2.65. The SMILES string of the molecule is COc1ccc(-c2cc3c(c(=O)o2)C[C@]2(O)[C@@]4(C)CCC(=O)C(C)(C)[C@]4(O)CC[C@@]2(C)O3)cc1. The Bertz CT molecular complexity index is 1230. The molecule has 0 spiro atoms. The molecule has 7 heteroatoms. The Labute approximate surface area is 198 Å². The summed E-state index contributed by atoms with van der Waals surface area (Å²) < 4.78 is 17.3. The van der Waals surface area contributed by atoms with Crippen molar-refractivity contribution in [2.75, 3.05) is 7.11 Å². The Morgan fingerprint density at radius 2 is 1.62 bits per heavy atom. The molecule has 4 atom stereocenters. The summed E-state index contributed by atoms with van der Waals surface area (Å²) in [5.41, 5.74) is -5.79. The first-order chi connectivity index (χ1) is 15.8. The van der Waals surface area contributed by atoms with Crippen molar-refractivity contribution in [2.24, 2.45) is 10.8 Å². The molecule has 2 aromatic rings. The van der Waals surface area contributed by atoms with Crippen molar-refractivity contribution < 1.29 is 28.9 Å². The van der Waals surface area contributed by atoms with Crippen molar-refractivity contribution >= 4 is 5.78 Å². The maximum Gasteiger partial charge on any atom is 0.343 e. The van der Waals surface area contributed by atoms with E-state index in [0.29, 0.717) is 42.1 Å². The first kappa shape index (κ1) is 23.1. The zero-order chi connectivity index (χ0) is 24.7. The van der Waals surface area contributed by atoms with E-state index in [1.807, 2.05) is 13.8 Å². The monoisotopic (exact) mass is 468 g/mol. The predicted molar refractivity (Wildman–Crippen MR) is 125 cm³/mol. The van der Waals surface area contributed by atoms with Gasteiger partial charge in [0.15, 0.2) is 0 Å². The van der Waals surface area contributed by atoms with Gasteiger partial charge in [-0.2, -0.15) is 0 Å². The zero-order valence-corrected chi connectivity index (χ0v) is 20.4. The van der Waals surface area contributed by atoms with E-state index in [-0.39, 0.29) is 24.2 Å². The molecule has 0 radical (unpaired) electrons. The highest BCUT2D eigenvalue weighted by Crippen LogP contribution is 2.67. The summed E-state index contributed by atoms with van der Waals surface area (Å²) in [5.74, 6) is 1.42. The van der Waals surface area contributed by atoms with Crippen LogP contribution in [0.25, 0.3) is 11.3 Å². The van der Waals surface area contributed by atoms with Crippen LogP contribution in [0.3, 0.4) is 0 Å². The highest BCUT2D eigenvalue weighted by molar-refractivity contribution is 5.87. The quantitative estimate of drug-likeness (QED) is 0.693. The third-order valence-corrected chi connectivity index (χ3v) is 9.40. The number of fused-ring (bicyclic) bond motifs is 4. The topological polar surface area (TPSA) is 106 Å². The van der Waals surface area contributed by atoms with E-state index < -0.39 is 33.3 Å². The van der Waals surface area contributed by atoms with Crippen LogP contribution in [0.4, 0.5) is 0 Å². The number of hydrogen-bond acceptors (Lipinski definition) is 7. The van der Waals surface area contributed by atoms with E-state index in [0.717, 1.165) is 0 Å². The maximum absolute atomic E-state index is 13.1. The lowest BCUT2D eigenvalue weighted by Crippen LogP contribution is -2.81. The van der Waals surface area contributed by atoms with Crippen LogP contribution in [0.5, 0.6) is 11.5 Å². The first-order valence-electron chi connectivity index (χ1n) is 11.8. The minimum Gasteiger partial charge on any atom is -0.497 e. The molecule has 2 N–H and O–H groups in total. The number of carbonyl (C=O) groups is 1. The lowest BCUT2D eigenvalue weighted by molar-refractivity contribution is -0.318. The number of rotatable bonds is 2. The van der Waals surface area contributed by atoms with Gasteiger partial charge in [0.05, 0.1) is 23.7 Å². The van der Waals surface area contributed by atoms with Gasteiger partial charge >= 0.3 is 5.63 Å². The van der Waals surface area contributed by atoms with Crippen molar-refractivity contribution in [2.45, 2.75) is 76.6 Å². The molecule has 0 bridgehead atoms. The molecular weight excluding hydrogens is 436 g/mol. The van der Waals surface area contributed by atoms with Gasteiger partial charge in [-0.05, 0) is 50.5 Å². The molecule has 2 saturated carbocycles. The summed E-state index contributed by atoms with van der Waals surface area (Å²) in [6.45, 7) is 7.18. The van der Waals surface area contributed by atoms with Gasteiger partial charge in [-0.25, -0.2) is 4.79 Å². The Morgan fingerprint density at radius 3 is 2.26 bits per heavy atom. The highest BCUT2D eigenvalue weighted by Gasteiger charge is 2.76.